The Kier molecular flexibility index (Phi) is 7.99. The van der Waals surface area contributed by atoms with Crippen LogP contribution in [0, 0.1) is 6.92 Å². The summed E-state index contributed by atoms with van der Waals surface area (Å²) in [6.07, 6.45) is -3.56. The van der Waals surface area contributed by atoms with Gasteiger partial charge in [-0.2, -0.15) is 13.2 Å². The molecule has 1 aromatic heterocycles. The zero-order valence-electron chi connectivity index (χ0n) is 16.3. The Balaban J connectivity index is 1.69. The zero-order valence-corrected chi connectivity index (χ0v) is 16.3. The summed E-state index contributed by atoms with van der Waals surface area (Å²) in [4.78, 5) is 20.2. The summed E-state index contributed by atoms with van der Waals surface area (Å²) < 4.78 is 37.7. The van der Waals surface area contributed by atoms with Crippen LogP contribution in [0.25, 0.3) is 0 Å². The summed E-state index contributed by atoms with van der Waals surface area (Å²) in [5, 5.41) is 8.81. The van der Waals surface area contributed by atoms with Gasteiger partial charge in [-0.1, -0.05) is 18.2 Å². The van der Waals surface area contributed by atoms with Gasteiger partial charge in [0.15, 0.2) is 5.96 Å². The van der Waals surface area contributed by atoms with Crippen molar-refractivity contribution in [3.8, 4) is 0 Å². The molecule has 0 radical (unpaired) electrons. The number of guanidine groups is 1. The van der Waals surface area contributed by atoms with E-state index < -0.39 is 11.7 Å². The molecule has 6 nitrogen and oxygen atoms in total. The Morgan fingerprint density at radius 3 is 2.38 bits per heavy atom. The fraction of sp³-hybridized carbons (Fsp3) is 0.350. The summed E-state index contributed by atoms with van der Waals surface area (Å²) in [7, 11) is 1.60. The van der Waals surface area contributed by atoms with E-state index in [1.54, 1.807) is 13.1 Å². The summed E-state index contributed by atoms with van der Waals surface area (Å²) in [5.41, 5.74) is 0.940. The van der Waals surface area contributed by atoms with Crippen LogP contribution in [0.1, 0.15) is 23.2 Å². The van der Waals surface area contributed by atoms with Gasteiger partial charge in [-0.25, -0.2) is 4.98 Å². The van der Waals surface area contributed by atoms with E-state index in [0.29, 0.717) is 31.3 Å². The largest absolute Gasteiger partial charge is 0.416 e. The van der Waals surface area contributed by atoms with Gasteiger partial charge in [-0.05, 0) is 43.2 Å². The third-order valence-corrected chi connectivity index (χ3v) is 4.01. The Bertz CT molecular complexity index is 835. The summed E-state index contributed by atoms with van der Waals surface area (Å²) in [5.74, 6) is 0.850. The Morgan fingerprint density at radius 2 is 1.76 bits per heavy atom. The third-order valence-electron chi connectivity index (χ3n) is 4.01. The lowest BCUT2D eigenvalue weighted by molar-refractivity contribution is -0.137. The minimum absolute atomic E-state index is 0.171. The van der Waals surface area contributed by atoms with E-state index in [0.717, 1.165) is 23.4 Å². The first kappa shape index (κ1) is 22.2. The molecule has 156 valence electrons. The molecule has 0 unspecified atom stereocenters. The highest BCUT2D eigenvalue weighted by Gasteiger charge is 2.29. The number of nitrogens with zero attached hydrogens (tertiary/aromatic N) is 2. The molecule has 0 aliphatic rings. The number of hydrogen-bond donors (Lipinski definition) is 3. The fourth-order valence-corrected chi connectivity index (χ4v) is 2.52. The van der Waals surface area contributed by atoms with Gasteiger partial charge in [0.1, 0.15) is 5.82 Å². The summed E-state index contributed by atoms with van der Waals surface area (Å²) in [6.45, 7) is 2.71. The number of benzene rings is 1. The highest BCUT2D eigenvalue weighted by atomic mass is 19.4. The van der Waals surface area contributed by atoms with Crippen molar-refractivity contribution in [2.24, 2.45) is 4.99 Å². The Hall–Kier alpha value is -3.10. The molecule has 1 aromatic carbocycles. The van der Waals surface area contributed by atoms with E-state index >= 15 is 0 Å². The second kappa shape index (κ2) is 10.4. The molecule has 0 aliphatic heterocycles. The van der Waals surface area contributed by atoms with E-state index in [-0.39, 0.29) is 12.3 Å². The molecule has 3 N–H and O–H groups in total. The van der Waals surface area contributed by atoms with Crippen LogP contribution in [0.15, 0.2) is 47.5 Å². The van der Waals surface area contributed by atoms with Gasteiger partial charge in [0.2, 0.25) is 5.91 Å². The molecule has 9 heteroatoms. The van der Waals surface area contributed by atoms with Crippen molar-refractivity contribution >= 4 is 17.7 Å². The maximum atomic E-state index is 12.6. The van der Waals surface area contributed by atoms with Crippen LogP contribution >= 0.6 is 0 Å². The van der Waals surface area contributed by atoms with Crippen molar-refractivity contribution in [1.29, 1.82) is 0 Å². The number of carbonyl (C=O) groups is 1. The number of nitrogens with one attached hydrogen (secondary N) is 3. The Labute approximate surface area is 167 Å². The molecule has 0 saturated carbocycles. The molecule has 1 amide bonds. The van der Waals surface area contributed by atoms with Gasteiger partial charge >= 0.3 is 6.18 Å². The van der Waals surface area contributed by atoms with Gasteiger partial charge in [0.05, 0.1) is 5.56 Å². The lowest BCUT2D eigenvalue weighted by atomic mass is 10.1. The maximum Gasteiger partial charge on any atom is 0.416 e. The average Bonchev–Trinajstić information content (AvgIpc) is 2.66. The zero-order chi connectivity index (χ0) is 21.3. The first-order chi connectivity index (χ1) is 13.8. The van der Waals surface area contributed by atoms with Crippen molar-refractivity contribution in [2.45, 2.75) is 25.9 Å². The number of anilines is 1. The minimum atomic E-state index is -4.33. The standard InChI is InChI=1S/C20H24F3N5O/c1-14-4-3-5-17(27-14)28-18(29)11-13-26-19(24-2)25-12-10-15-6-8-16(9-7-15)20(21,22)23/h3-9H,10-13H2,1-2H3,(H2,24,25,26)(H,27,28,29). The highest BCUT2D eigenvalue weighted by Crippen LogP contribution is 2.29. The van der Waals surface area contributed by atoms with Crippen LogP contribution in [-0.2, 0) is 17.4 Å². The Morgan fingerprint density at radius 1 is 1.07 bits per heavy atom. The SMILES string of the molecule is CN=C(NCCC(=O)Nc1cccc(C)n1)NCCc1ccc(C(F)(F)F)cc1. The topological polar surface area (TPSA) is 78.4 Å². The molecule has 2 rings (SSSR count). The number of aliphatic imine (C=N–C) groups is 1. The molecule has 0 spiro atoms. The first-order valence-electron chi connectivity index (χ1n) is 9.12. The van der Waals surface area contributed by atoms with Crippen molar-refractivity contribution < 1.29 is 18.0 Å². The quantitative estimate of drug-likeness (QED) is 0.487. The van der Waals surface area contributed by atoms with E-state index in [1.165, 1.54) is 12.1 Å². The molecule has 2 aromatic rings. The number of aryl methyl sites for hydroxylation is 1. The third kappa shape index (κ3) is 7.81. The van der Waals surface area contributed by atoms with Crippen LogP contribution < -0.4 is 16.0 Å². The maximum absolute atomic E-state index is 12.6. The number of carbonyl (C=O) groups excluding carboxylic acids is 1. The smallest absolute Gasteiger partial charge is 0.356 e. The van der Waals surface area contributed by atoms with Gasteiger partial charge in [0, 0.05) is 32.3 Å². The molecule has 1 heterocycles. The van der Waals surface area contributed by atoms with Crippen LogP contribution in [0.3, 0.4) is 0 Å². The van der Waals surface area contributed by atoms with Gasteiger partial charge in [-0.3, -0.25) is 9.79 Å². The second-order valence-corrected chi connectivity index (χ2v) is 6.33. The number of alkyl halides is 3. The monoisotopic (exact) mass is 407 g/mol. The van der Waals surface area contributed by atoms with Crippen molar-refractivity contribution in [1.82, 2.24) is 15.6 Å². The number of halogens is 3. The van der Waals surface area contributed by atoms with Crippen molar-refractivity contribution in [3.63, 3.8) is 0 Å². The molecule has 0 bridgehead atoms. The van der Waals surface area contributed by atoms with Gasteiger partial charge in [-0.15, -0.1) is 0 Å². The normalized spacial score (nSPS) is 11.8. The number of amides is 1. The molecular weight excluding hydrogens is 383 g/mol. The predicted molar refractivity (Wildman–Crippen MR) is 107 cm³/mol. The molecule has 0 aliphatic carbocycles. The number of pyridine rings is 1. The fourth-order valence-electron chi connectivity index (χ4n) is 2.52. The number of aromatic nitrogens is 1. The number of rotatable bonds is 7. The van der Waals surface area contributed by atoms with E-state index in [2.05, 4.69) is 25.9 Å². The minimum Gasteiger partial charge on any atom is -0.356 e. The molecule has 29 heavy (non-hydrogen) atoms. The number of hydrogen-bond acceptors (Lipinski definition) is 3. The van der Waals surface area contributed by atoms with Crippen molar-refractivity contribution in [3.05, 3.63) is 59.3 Å². The van der Waals surface area contributed by atoms with E-state index in [4.69, 9.17) is 0 Å². The first-order valence-corrected chi connectivity index (χ1v) is 9.12. The van der Waals surface area contributed by atoms with Gasteiger partial charge < -0.3 is 16.0 Å². The summed E-state index contributed by atoms with van der Waals surface area (Å²) >= 11 is 0. The average molecular weight is 407 g/mol. The lowest BCUT2D eigenvalue weighted by Crippen LogP contribution is -2.39. The van der Waals surface area contributed by atoms with Crippen LogP contribution in [0.2, 0.25) is 0 Å². The van der Waals surface area contributed by atoms with Crippen LogP contribution in [0.5, 0.6) is 0 Å². The van der Waals surface area contributed by atoms with Crippen molar-refractivity contribution in [2.75, 3.05) is 25.5 Å². The molecular formula is C20H24F3N5O. The van der Waals surface area contributed by atoms with Crippen LogP contribution in [0.4, 0.5) is 19.0 Å². The van der Waals surface area contributed by atoms with Gasteiger partial charge in [0.25, 0.3) is 0 Å². The highest BCUT2D eigenvalue weighted by molar-refractivity contribution is 5.90. The molecule has 0 atom stereocenters. The second-order valence-electron chi connectivity index (χ2n) is 6.33. The molecule has 0 fully saturated rings. The lowest BCUT2D eigenvalue weighted by Gasteiger charge is -2.12. The van der Waals surface area contributed by atoms with E-state index in [1.807, 2.05) is 19.1 Å². The van der Waals surface area contributed by atoms with Crippen LogP contribution in [-0.4, -0.2) is 37.0 Å². The summed E-state index contributed by atoms with van der Waals surface area (Å²) in [6, 6.07) is 10.5. The predicted octanol–water partition coefficient (Wildman–Crippen LogP) is 3.15. The van der Waals surface area contributed by atoms with E-state index in [9.17, 15) is 18.0 Å². The molecule has 0 saturated heterocycles.